The molecule has 0 aromatic carbocycles. The van der Waals surface area contributed by atoms with Crippen LogP contribution in [-0.2, 0) is 6.42 Å². The van der Waals surface area contributed by atoms with E-state index in [9.17, 15) is 0 Å². The first-order valence-corrected chi connectivity index (χ1v) is 4.92. The smallest absolute Gasteiger partial charge is 0.0909 e. The normalized spacial score (nSPS) is 10.1. The molecule has 0 fully saturated rings. The largest absolute Gasteiger partial charge is 0.353 e. The molecule has 1 heterocycles. The molecule has 0 spiro atoms. The lowest BCUT2D eigenvalue weighted by Crippen LogP contribution is -1.76. The average Bonchev–Trinajstić information content (AvgIpc) is 2.13. The lowest BCUT2D eigenvalue weighted by Gasteiger charge is -1.83. The van der Waals surface area contributed by atoms with E-state index >= 15 is 0 Å². The van der Waals surface area contributed by atoms with Gasteiger partial charge in [-0.1, -0.05) is 6.92 Å². The molecule has 1 aromatic heterocycles. The minimum absolute atomic E-state index is 1.10. The molecule has 0 bridgehead atoms. The Kier molecular flexibility index (Phi) is 2.81. The van der Waals surface area contributed by atoms with E-state index in [2.05, 4.69) is 63.2 Å². The number of rotatable bonds is 1. The zero-order chi connectivity index (χ0) is 6.85. The standard InChI is InChI=1S/C6H7I2N/c1-2-4-3-5(7)6(8)9-4/h3,9H,2H2,1H3. The van der Waals surface area contributed by atoms with E-state index in [1.54, 1.807) is 0 Å². The van der Waals surface area contributed by atoms with Crippen molar-refractivity contribution in [1.29, 1.82) is 0 Å². The van der Waals surface area contributed by atoms with Crippen molar-refractivity contribution >= 4 is 45.2 Å². The van der Waals surface area contributed by atoms with Crippen LogP contribution in [0.25, 0.3) is 0 Å². The average molecular weight is 347 g/mol. The maximum Gasteiger partial charge on any atom is 0.0909 e. The summed E-state index contributed by atoms with van der Waals surface area (Å²) >= 11 is 4.64. The van der Waals surface area contributed by atoms with E-state index in [0.29, 0.717) is 0 Å². The highest BCUT2D eigenvalue weighted by molar-refractivity contribution is 14.1. The highest BCUT2D eigenvalue weighted by Gasteiger charge is 1.98. The fraction of sp³-hybridized carbons (Fsp3) is 0.333. The quantitative estimate of drug-likeness (QED) is 0.753. The summed E-state index contributed by atoms with van der Waals surface area (Å²) in [5.41, 5.74) is 1.32. The summed E-state index contributed by atoms with van der Waals surface area (Å²) in [6.07, 6.45) is 1.10. The Labute approximate surface area is 81.9 Å². The number of hydrogen-bond acceptors (Lipinski definition) is 0. The fourth-order valence-corrected chi connectivity index (χ4v) is 1.66. The van der Waals surface area contributed by atoms with Gasteiger partial charge in [0.15, 0.2) is 0 Å². The zero-order valence-electron chi connectivity index (χ0n) is 5.04. The van der Waals surface area contributed by atoms with Crippen molar-refractivity contribution in [2.24, 2.45) is 0 Å². The van der Waals surface area contributed by atoms with Gasteiger partial charge in [-0.15, -0.1) is 0 Å². The van der Waals surface area contributed by atoms with E-state index in [1.165, 1.54) is 13.0 Å². The topological polar surface area (TPSA) is 15.8 Å². The summed E-state index contributed by atoms with van der Waals surface area (Å²) < 4.78 is 2.58. The third-order valence-corrected chi connectivity index (χ3v) is 3.90. The van der Waals surface area contributed by atoms with Crippen LogP contribution in [0.5, 0.6) is 0 Å². The van der Waals surface area contributed by atoms with Gasteiger partial charge < -0.3 is 4.98 Å². The van der Waals surface area contributed by atoms with E-state index < -0.39 is 0 Å². The van der Waals surface area contributed by atoms with Gasteiger partial charge in [-0.3, -0.25) is 0 Å². The Balaban J connectivity index is 2.98. The number of nitrogens with one attached hydrogen (secondary N) is 1. The maximum absolute atomic E-state index is 3.27. The lowest BCUT2D eigenvalue weighted by molar-refractivity contribution is 1.05. The highest BCUT2D eigenvalue weighted by atomic mass is 127. The second-order valence-corrected chi connectivity index (χ2v) is 4.05. The van der Waals surface area contributed by atoms with E-state index in [-0.39, 0.29) is 0 Å². The number of hydrogen-bond donors (Lipinski definition) is 1. The molecule has 1 nitrogen and oxygen atoms in total. The third-order valence-electron chi connectivity index (χ3n) is 1.16. The second-order valence-electron chi connectivity index (χ2n) is 1.81. The number of aromatic amines is 1. The van der Waals surface area contributed by atoms with Crippen LogP contribution in [0.15, 0.2) is 6.07 Å². The molecule has 9 heavy (non-hydrogen) atoms. The van der Waals surface area contributed by atoms with Gasteiger partial charge in [0, 0.05) is 9.26 Å². The summed E-state index contributed by atoms with van der Waals surface area (Å²) in [5.74, 6) is 0. The Morgan fingerprint density at radius 3 is 2.44 bits per heavy atom. The number of halogens is 2. The van der Waals surface area contributed by atoms with Crippen molar-refractivity contribution in [2.45, 2.75) is 13.3 Å². The zero-order valence-corrected chi connectivity index (χ0v) is 9.36. The molecule has 50 valence electrons. The Morgan fingerprint density at radius 2 is 2.22 bits per heavy atom. The van der Waals surface area contributed by atoms with Crippen LogP contribution in [-0.4, -0.2) is 4.98 Å². The van der Waals surface area contributed by atoms with Gasteiger partial charge in [-0.25, -0.2) is 0 Å². The molecule has 0 amide bonds. The molecule has 0 unspecified atom stereocenters. The Morgan fingerprint density at radius 1 is 1.56 bits per heavy atom. The molecular weight excluding hydrogens is 340 g/mol. The van der Waals surface area contributed by atoms with Crippen LogP contribution in [0.1, 0.15) is 12.6 Å². The molecule has 0 aliphatic heterocycles. The molecule has 1 N–H and O–H groups in total. The summed E-state index contributed by atoms with van der Waals surface area (Å²) in [4.78, 5) is 3.27. The molecule has 1 rings (SSSR count). The molecule has 1 aromatic rings. The van der Waals surface area contributed by atoms with Crippen LogP contribution >= 0.6 is 45.2 Å². The molecule has 0 aliphatic rings. The minimum atomic E-state index is 1.10. The van der Waals surface area contributed by atoms with Crippen LogP contribution in [0.4, 0.5) is 0 Å². The predicted octanol–water partition coefficient (Wildman–Crippen LogP) is 2.79. The summed E-state index contributed by atoms with van der Waals surface area (Å²) in [5, 5.41) is 0. The lowest BCUT2D eigenvalue weighted by atomic mass is 10.3. The van der Waals surface area contributed by atoms with Gasteiger partial charge in [-0.05, 0) is 57.7 Å². The Hall–Kier alpha value is 0.740. The van der Waals surface area contributed by atoms with Crippen LogP contribution in [0, 0.1) is 7.27 Å². The van der Waals surface area contributed by atoms with E-state index in [1.807, 2.05) is 0 Å². The van der Waals surface area contributed by atoms with Crippen molar-refractivity contribution in [3.8, 4) is 0 Å². The van der Waals surface area contributed by atoms with Gasteiger partial charge in [-0.2, -0.15) is 0 Å². The highest BCUT2D eigenvalue weighted by Crippen LogP contribution is 2.15. The van der Waals surface area contributed by atoms with Gasteiger partial charge in [0.2, 0.25) is 0 Å². The Bertz CT molecular complexity index is 185. The molecular formula is C6H7I2N. The fourth-order valence-electron chi connectivity index (χ4n) is 0.644. The summed E-state index contributed by atoms with van der Waals surface area (Å²) in [6.45, 7) is 2.15. The summed E-state index contributed by atoms with van der Waals surface area (Å²) in [7, 11) is 0. The van der Waals surface area contributed by atoms with Crippen molar-refractivity contribution in [3.63, 3.8) is 0 Å². The number of H-pyrrole nitrogens is 1. The monoisotopic (exact) mass is 347 g/mol. The van der Waals surface area contributed by atoms with Crippen molar-refractivity contribution in [1.82, 2.24) is 4.98 Å². The molecule has 3 heteroatoms. The second kappa shape index (κ2) is 3.23. The molecule has 0 aliphatic carbocycles. The van der Waals surface area contributed by atoms with Gasteiger partial charge in [0.05, 0.1) is 3.70 Å². The molecule has 0 saturated carbocycles. The maximum atomic E-state index is 3.27. The molecule has 0 radical (unpaired) electrons. The first kappa shape index (κ1) is 7.84. The first-order valence-electron chi connectivity index (χ1n) is 2.77. The number of aryl methyl sites for hydroxylation is 1. The molecule has 0 atom stereocenters. The van der Waals surface area contributed by atoms with Crippen molar-refractivity contribution in [2.75, 3.05) is 0 Å². The van der Waals surface area contributed by atoms with Crippen molar-refractivity contribution in [3.05, 3.63) is 19.0 Å². The molecule has 0 saturated heterocycles. The van der Waals surface area contributed by atoms with Crippen LogP contribution < -0.4 is 0 Å². The third kappa shape index (κ3) is 1.83. The van der Waals surface area contributed by atoms with E-state index in [0.717, 1.165) is 6.42 Å². The number of aromatic nitrogens is 1. The van der Waals surface area contributed by atoms with E-state index in [4.69, 9.17) is 0 Å². The predicted molar refractivity (Wildman–Crippen MR) is 55.6 cm³/mol. The SMILES string of the molecule is CCc1cc(I)c(I)[nH]1. The summed E-state index contributed by atoms with van der Waals surface area (Å²) in [6, 6.07) is 2.18. The first-order chi connectivity index (χ1) is 4.24. The van der Waals surface area contributed by atoms with Gasteiger partial charge in [0.1, 0.15) is 0 Å². The minimum Gasteiger partial charge on any atom is -0.353 e. The van der Waals surface area contributed by atoms with Gasteiger partial charge >= 0.3 is 0 Å². The van der Waals surface area contributed by atoms with Crippen LogP contribution in [0.3, 0.4) is 0 Å². The van der Waals surface area contributed by atoms with Crippen LogP contribution in [0.2, 0.25) is 0 Å². The van der Waals surface area contributed by atoms with Gasteiger partial charge in [0.25, 0.3) is 0 Å². The van der Waals surface area contributed by atoms with Crippen molar-refractivity contribution < 1.29 is 0 Å².